The number of carbonyl (C=O) groups excluding carboxylic acids is 1. The second-order valence-corrected chi connectivity index (χ2v) is 6.99. The van der Waals surface area contributed by atoms with Gasteiger partial charge in [-0.3, -0.25) is 9.78 Å². The van der Waals surface area contributed by atoms with Crippen LogP contribution in [0, 0.1) is 0 Å². The highest BCUT2D eigenvalue weighted by Gasteiger charge is 2.36. The zero-order valence-corrected chi connectivity index (χ0v) is 14.9. The Bertz CT molecular complexity index is 965. The minimum Gasteiger partial charge on any atom is -0.365 e. The van der Waals surface area contributed by atoms with Crippen LogP contribution in [0.1, 0.15) is 29.0 Å². The van der Waals surface area contributed by atoms with Gasteiger partial charge in [0.1, 0.15) is 0 Å². The van der Waals surface area contributed by atoms with E-state index in [1.54, 1.807) is 17.1 Å². The van der Waals surface area contributed by atoms with Crippen molar-refractivity contribution in [2.45, 2.75) is 25.4 Å². The summed E-state index contributed by atoms with van der Waals surface area (Å²) in [6, 6.07) is 14.5. The molecule has 7 nitrogen and oxygen atoms in total. The Balaban J connectivity index is 1.39. The largest absolute Gasteiger partial charge is 0.365 e. The Hall–Kier alpha value is -3.22. The Morgan fingerprint density at radius 2 is 1.85 bits per heavy atom. The number of fused-ring (bicyclic) bond motifs is 1. The topological polar surface area (TPSA) is 67.2 Å². The maximum absolute atomic E-state index is 13.1. The molecule has 0 radical (unpaired) electrons. The fraction of sp³-hybridized carbons (Fsp3) is 0.300. The van der Waals surface area contributed by atoms with Crippen LogP contribution in [0.3, 0.4) is 0 Å². The average molecular weight is 360 g/mol. The number of hydrogen-bond donors (Lipinski definition) is 0. The van der Waals surface area contributed by atoms with Gasteiger partial charge >= 0.3 is 0 Å². The molecule has 3 aromatic rings. The molecule has 1 saturated carbocycles. The van der Waals surface area contributed by atoms with E-state index in [9.17, 15) is 4.79 Å². The van der Waals surface area contributed by atoms with Crippen molar-refractivity contribution in [3.05, 3.63) is 66.2 Å². The van der Waals surface area contributed by atoms with Gasteiger partial charge in [0, 0.05) is 25.3 Å². The first kappa shape index (κ1) is 16.0. The summed E-state index contributed by atoms with van der Waals surface area (Å²) in [5.41, 5.74) is 3.34. The lowest BCUT2D eigenvalue weighted by atomic mass is 10.1. The van der Waals surface area contributed by atoms with Crippen molar-refractivity contribution in [3.63, 3.8) is 0 Å². The quantitative estimate of drug-likeness (QED) is 0.714. The van der Waals surface area contributed by atoms with E-state index in [1.807, 2.05) is 41.3 Å². The number of aromatic nitrogens is 4. The standard InChI is InChI=1S/C20H20N6O/c27-20(17-14-24(23-22-17)13-15-5-3-4-10-21-15)26-12-11-25(16-8-9-16)18-6-1-2-7-19(18)26/h1-7,10,14,16H,8-9,11-13H2. The molecule has 5 rings (SSSR count). The summed E-state index contributed by atoms with van der Waals surface area (Å²) < 4.78 is 1.65. The molecule has 1 aliphatic carbocycles. The molecule has 0 saturated heterocycles. The smallest absolute Gasteiger partial charge is 0.280 e. The van der Waals surface area contributed by atoms with Gasteiger partial charge < -0.3 is 9.80 Å². The molecule has 7 heteroatoms. The second kappa shape index (κ2) is 6.50. The molecule has 2 aliphatic rings. The zero-order chi connectivity index (χ0) is 18.2. The molecule has 0 atom stereocenters. The maximum Gasteiger partial charge on any atom is 0.280 e. The van der Waals surface area contributed by atoms with Gasteiger partial charge in [-0.15, -0.1) is 5.10 Å². The van der Waals surface area contributed by atoms with Crippen LogP contribution in [0.15, 0.2) is 54.9 Å². The summed E-state index contributed by atoms with van der Waals surface area (Å²) in [5, 5.41) is 8.21. The Labute approximate surface area is 157 Å². The maximum atomic E-state index is 13.1. The zero-order valence-electron chi connectivity index (χ0n) is 14.9. The van der Waals surface area contributed by atoms with Crippen LogP contribution in [0.5, 0.6) is 0 Å². The first-order valence-electron chi connectivity index (χ1n) is 9.27. The number of pyridine rings is 1. The molecule has 1 amide bonds. The summed E-state index contributed by atoms with van der Waals surface area (Å²) in [7, 11) is 0. The third-order valence-corrected chi connectivity index (χ3v) is 5.09. The van der Waals surface area contributed by atoms with Gasteiger partial charge in [-0.05, 0) is 37.1 Å². The van der Waals surface area contributed by atoms with E-state index >= 15 is 0 Å². The fourth-order valence-electron chi connectivity index (χ4n) is 3.63. The first-order chi connectivity index (χ1) is 13.3. The van der Waals surface area contributed by atoms with E-state index in [-0.39, 0.29) is 5.91 Å². The molecule has 0 bridgehead atoms. The normalized spacial score (nSPS) is 16.3. The summed E-state index contributed by atoms with van der Waals surface area (Å²) >= 11 is 0. The second-order valence-electron chi connectivity index (χ2n) is 6.99. The molecular formula is C20H20N6O. The molecule has 1 fully saturated rings. The Kier molecular flexibility index (Phi) is 3.85. The predicted molar refractivity (Wildman–Crippen MR) is 102 cm³/mol. The van der Waals surface area contributed by atoms with Crippen molar-refractivity contribution in [2.24, 2.45) is 0 Å². The molecule has 1 aliphatic heterocycles. The number of rotatable bonds is 4. The third kappa shape index (κ3) is 3.05. The van der Waals surface area contributed by atoms with Crippen LogP contribution in [0.2, 0.25) is 0 Å². The Morgan fingerprint density at radius 3 is 2.63 bits per heavy atom. The number of para-hydroxylation sites is 2. The SMILES string of the molecule is O=C(c1cn(Cc2ccccn2)nn1)N1CCN(C2CC2)c2ccccc21. The van der Waals surface area contributed by atoms with Gasteiger partial charge in [-0.25, -0.2) is 4.68 Å². The Morgan fingerprint density at radius 1 is 1.04 bits per heavy atom. The molecule has 0 N–H and O–H groups in total. The third-order valence-electron chi connectivity index (χ3n) is 5.09. The number of benzene rings is 1. The van der Waals surface area contributed by atoms with Crippen LogP contribution in [-0.4, -0.2) is 45.0 Å². The van der Waals surface area contributed by atoms with Crippen molar-refractivity contribution >= 4 is 17.3 Å². The lowest BCUT2D eigenvalue weighted by molar-refractivity contribution is 0.0981. The summed E-state index contributed by atoms with van der Waals surface area (Å²) in [5.74, 6) is -0.106. The molecule has 0 unspecified atom stereocenters. The van der Waals surface area contributed by atoms with E-state index in [1.165, 1.54) is 12.8 Å². The van der Waals surface area contributed by atoms with Gasteiger partial charge in [-0.2, -0.15) is 0 Å². The van der Waals surface area contributed by atoms with Crippen LogP contribution in [0.25, 0.3) is 0 Å². The average Bonchev–Trinajstić information content (AvgIpc) is 3.46. The summed E-state index contributed by atoms with van der Waals surface area (Å²) in [6.07, 6.45) is 5.93. The summed E-state index contributed by atoms with van der Waals surface area (Å²) in [6.45, 7) is 2.02. The highest BCUT2D eigenvalue weighted by atomic mass is 16.2. The van der Waals surface area contributed by atoms with Crippen LogP contribution in [-0.2, 0) is 6.54 Å². The minimum absolute atomic E-state index is 0.106. The molecule has 136 valence electrons. The fourth-order valence-corrected chi connectivity index (χ4v) is 3.63. The highest BCUT2D eigenvalue weighted by Crippen LogP contribution is 2.40. The van der Waals surface area contributed by atoms with E-state index in [0.29, 0.717) is 24.8 Å². The van der Waals surface area contributed by atoms with Gasteiger partial charge in [-0.1, -0.05) is 23.4 Å². The first-order valence-corrected chi connectivity index (χ1v) is 9.27. The predicted octanol–water partition coefficient (Wildman–Crippen LogP) is 2.35. The van der Waals surface area contributed by atoms with Crippen molar-refractivity contribution in [2.75, 3.05) is 22.9 Å². The van der Waals surface area contributed by atoms with Crippen molar-refractivity contribution in [1.29, 1.82) is 0 Å². The van der Waals surface area contributed by atoms with Gasteiger partial charge in [0.2, 0.25) is 0 Å². The van der Waals surface area contributed by atoms with Crippen LogP contribution >= 0.6 is 0 Å². The lowest BCUT2D eigenvalue weighted by Gasteiger charge is -2.37. The van der Waals surface area contributed by atoms with Crippen molar-refractivity contribution in [3.8, 4) is 0 Å². The van der Waals surface area contributed by atoms with Gasteiger partial charge in [0.15, 0.2) is 5.69 Å². The van der Waals surface area contributed by atoms with Crippen molar-refractivity contribution < 1.29 is 4.79 Å². The molecular weight excluding hydrogens is 340 g/mol. The van der Waals surface area contributed by atoms with Crippen LogP contribution in [0.4, 0.5) is 11.4 Å². The van der Waals surface area contributed by atoms with Gasteiger partial charge in [0.25, 0.3) is 5.91 Å². The minimum atomic E-state index is -0.106. The van der Waals surface area contributed by atoms with Crippen molar-refractivity contribution in [1.82, 2.24) is 20.0 Å². The molecule has 1 aromatic carbocycles. The lowest BCUT2D eigenvalue weighted by Crippen LogP contribution is -2.45. The summed E-state index contributed by atoms with van der Waals surface area (Å²) in [4.78, 5) is 21.6. The molecule has 27 heavy (non-hydrogen) atoms. The number of carbonyl (C=O) groups is 1. The van der Waals surface area contributed by atoms with Gasteiger partial charge in [0.05, 0.1) is 29.8 Å². The monoisotopic (exact) mass is 360 g/mol. The van der Waals surface area contributed by atoms with E-state index in [0.717, 1.165) is 23.6 Å². The molecule has 3 heterocycles. The van der Waals surface area contributed by atoms with Crippen LogP contribution < -0.4 is 9.80 Å². The van der Waals surface area contributed by atoms with E-state index in [4.69, 9.17) is 0 Å². The van der Waals surface area contributed by atoms with E-state index < -0.39 is 0 Å². The number of hydrogen-bond acceptors (Lipinski definition) is 5. The molecule has 2 aromatic heterocycles. The molecule has 0 spiro atoms. The number of nitrogens with zero attached hydrogens (tertiary/aromatic N) is 6. The van der Waals surface area contributed by atoms with E-state index in [2.05, 4.69) is 26.3 Å². The number of anilines is 2. The highest BCUT2D eigenvalue weighted by molar-refractivity contribution is 6.07. The number of amides is 1.